The van der Waals surface area contributed by atoms with Crippen molar-refractivity contribution in [2.24, 2.45) is 5.84 Å². The number of aromatic nitrogens is 2. The second kappa shape index (κ2) is 2.92. The normalized spacial score (nSPS) is 10.6. The number of hydrogen-bond acceptors (Lipinski definition) is 3. The van der Waals surface area contributed by atoms with Gasteiger partial charge in [0.25, 0.3) is 0 Å². The molecule has 0 spiro atoms. The van der Waals surface area contributed by atoms with Crippen LogP contribution in [0, 0.1) is 6.92 Å². The third kappa shape index (κ3) is 1.51. The Morgan fingerprint density at radius 1 is 1.64 bits per heavy atom. The summed E-state index contributed by atoms with van der Waals surface area (Å²) in [6, 6.07) is 0.391. The lowest BCUT2D eigenvalue weighted by Crippen LogP contribution is -2.13. The lowest BCUT2D eigenvalue weighted by atomic mass is 10.4. The van der Waals surface area contributed by atoms with Gasteiger partial charge in [0.05, 0.1) is 5.69 Å². The molecule has 0 atom stereocenters. The summed E-state index contributed by atoms with van der Waals surface area (Å²) in [5, 5.41) is 0. The molecule has 1 heterocycles. The van der Waals surface area contributed by atoms with Crippen LogP contribution >= 0.6 is 0 Å². The smallest absolute Gasteiger partial charge is 0.217 e. The molecule has 0 amide bonds. The van der Waals surface area contributed by atoms with Gasteiger partial charge < -0.3 is 4.57 Å². The average molecular weight is 154 g/mol. The summed E-state index contributed by atoms with van der Waals surface area (Å²) in [5.74, 6) is 5.99. The SMILES string of the molecule is Cc1cn(C(C)C)c(NN)n1. The predicted molar refractivity (Wildman–Crippen MR) is 45.2 cm³/mol. The minimum Gasteiger partial charge on any atom is -0.314 e. The molecule has 1 aromatic heterocycles. The van der Waals surface area contributed by atoms with Crippen LogP contribution in [0.1, 0.15) is 25.6 Å². The van der Waals surface area contributed by atoms with Gasteiger partial charge in [0, 0.05) is 12.2 Å². The van der Waals surface area contributed by atoms with Gasteiger partial charge in [-0.25, -0.2) is 10.8 Å². The average Bonchev–Trinajstić information content (AvgIpc) is 2.30. The number of rotatable bonds is 2. The van der Waals surface area contributed by atoms with Crippen molar-refractivity contribution in [2.45, 2.75) is 26.8 Å². The number of nitrogen functional groups attached to an aromatic ring is 1. The monoisotopic (exact) mass is 154 g/mol. The van der Waals surface area contributed by atoms with E-state index in [1.165, 1.54) is 0 Å². The number of imidazole rings is 1. The molecule has 0 unspecified atom stereocenters. The number of aryl methyl sites for hydroxylation is 1. The zero-order chi connectivity index (χ0) is 8.43. The van der Waals surface area contributed by atoms with Crippen LogP contribution in [0.2, 0.25) is 0 Å². The van der Waals surface area contributed by atoms with Crippen molar-refractivity contribution in [3.63, 3.8) is 0 Å². The Labute approximate surface area is 66.4 Å². The highest BCUT2D eigenvalue weighted by Crippen LogP contribution is 2.13. The van der Waals surface area contributed by atoms with E-state index in [9.17, 15) is 0 Å². The molecule has 4 heteroatoms. The fourth-order valence-corrected chi connectivity index (χ4v) is 1.02. The summed E-state index contributed by atoms with van der Waals surface area (Å²) in [6.45, 7) is 6.11. The summed E-state index contributed by atoms with van der Waals surface area (Å²) in [5.41, 5.74) is 3.53. The van der Waals surface area contributed by atoms with Crippen LogP contribution in [0.15, 0.2) is 6.20 Å². The minimum atomic E-state index is 0.391. The summed E-state index contributed by atoms with van der Waals surface area (Å²) in [6.07, 6.45) is 1.97. The molecule has 1 rings (SSSR count). The Morgan fingerprint density at radius 3 is 2.64 bits per heavy atom. The molecule has 0 aliphatic rings. The molecule has 0 saturated heterocycles. The molecule has 1 aromatic rings. The van der Waals surface area contributed by atoms with E-state index < -0.39 is 0 Å². The van der Waals surface area contributed by atoms with E-state index in [1.54, 1.807) is 0 Å². The topological polar surface area (TPSA) is 55.9 Å². The lowest BCUT2D eigenvalue weighted by molar-refractivity contribution is 0.605. The highest BCUT2D eigenvalue weighted by Gasteiger charge is 2.05. The van der Waals surface area contributed by atoms with Gasteiger partial charge in [0.1, 0.15) is 0 Å². The maximum Gasteiger partial charge on any atom is 0.217 e. The summed E-state index contributed by atoms with van der Waals surface area (Å²) in [4.78, 5) is 4.18. The molecule has 11 heavy (non-hydrogen) atoms. The third-order valence-electron chi connectivity index (χ3n) is 1.54. The molecule has 0 radical (unpaired) electrons. The third-order valence-corrected chi connectivity index (χ3v) is 1.54. The first-order chi connectivity index (χ1) is 5.15. The minimum absolute atomic E-state index is 0.391. The standard InChI is InChI=1S/C7H14N4/c1-5(2)11-4-6(3)9-7(11)10-8/h4-5H,8H2,1-3H3,(H,9,10). The molecule has 3 N–H and O–H groups in total. The van der Waals surface area contributed by atoms with E-state index in [0.29, 0.717) is 6.04 Å². The number of nitrogens with one attached hydrogen (secondary N) is 1. The molecule has 0 saturated carbocycles. The summed E-state index contributed by atoms with van der Waals surface area (Å²) in [7, 11) is 0. The van der Waals surface area contributed by atoms with Crippen molar-refractivity contribution in [3.8, 4) is 0 Å². The first-order valence-corrected chi connectivity index (χ1v) is 3.67. The van der Waals surface area contributed by atoms with Crippen molar-refractivity contribution in [1.82, 2.24) is 9.55 Å². The molecule has 0 bridgehead atoms. The largest absolute Gasteiger partial charge is 0.314 e. The van der Waals surface area contributed by atoms with E-state index >= 15 is 0 Å². The van der Waals surface area contributed by atoms with Crippen molar-refractivity contribution in [1.29, 1.82) is 0 Å². The Morgan fingerprint density at radius 2 is 2.27 bits per heavy atom. The number of hydrogen-bond donors (Lipinski definition) is 2. The van der Waals surface area contributed by atoms with E-state index in [1.807, 2.05) is 17.7 Å². The van der Waals surface area contributed by atoms with Gasteiger partial charge in [0.15, 0.2) is 0 Å². The maximum absolute atomic E-state index is 5.27. The van der Waals surface area contributed by atoms with Crippen LogP contribution < -0.4 is 11.3 Å². The van der Waals surface area contributed by atoms with Crippen LogP contribution in [0.4, 0.5) is 5.95 Å². The predicted octanol–water partition coefficient (Wildman–Crippen LogP) is 1.06. The van der Waals surface area contributed by atoms with Crippen molar-refractivity contribution < 1.29 is 0 Å². The zero-order valence-electron chi connectivity index (χ0n) is 7.13. The summed E-state index contributed by atoms with van der Waals surface area (Å²) >= 11 is 0. The first kappa shape index (κ1) is 8.07. The highest BCUT2D eigenvalue weighted by atomic mass is 15.3. The van der Waals surface area contributed by atoms with Crippen LogP contribution in [0.3, 0.4) is 0 Å². The van der Waals surface area contributed by atoms with Crippen LogP contribution in [-0.2, 0) is 0 Å². The van der Waals surface area contributed by atoms with Gasteiger partial charge in [-0.1, -0.05) is 0 Å². The Bertz CT molecular complexity index is 239. The summed E-state index contributed by atoms with van der Waals surface area (Å²) < 4.78 is 2.00. The molecule has 0 aliphatic heterocycles. The Kier molecular flexibility index (Phi) is 2.14. The number of hydrazine groups is 1. The van der Waals surface area contributed by atoms with Gasteiger partial charge in [-0.15, -0.1) is 0 Å². The fraction of sp³-hybridized carbons (Fsp3) is 0.571. The van der Waals surface area contributed by atoms with Gasteiger partial charge in [-0.05, 0) is 20.8 Å². The second-order valence-corrected chi connectivity index (χ2v) is 2.85. The van der Waals surface area contributed by atoms with E-state index in [-0.39, 0.29) is 0 Å². The molecule has 0 fully saturated rings. The first-order valence-electron chi connectivity index (χ1n) is 3.67. The van der Waals surface area contributed by atoms with Crippen LogP contribution in [0.25, 0.3) is 0 Å². The van der Waals surface area contributed by atoms with Crippen molar-refractivity contribution in [2.75, 3.05) is 5.43 Å². The van der Waals surface area contributed by atoms with E-state index in [2.05, 4.69) is 24.3 Å². The van der Waals surface area contributed by atoms with Gasteiger partial charge in [0.2, 0.25) is 5.95 Å². The highest BCUT2D eigenvalue weighted by molar-refractivity contribution is 5.27. The maximum atomic E-state index is 5.27. The van der Waals surface area contributed by atoms with Crippen LogP contribution in [0.5, 0.6) is 0 Å². The zero-order valence-corrected chi connectivity index (χ0v) is 7.13. The van der Waals surface area contributed by atoms with E-state index in [0.717, 1.165) is 11.6 Å². The van der Waals surface area contributed by atoms with E-state index in [4.69, 9.17) is 5.84 Å². The Hall–Kier alpha value is -1.03. The molecule has 4 nitrogen and oxygen atoms in total. The number of anilines is 1. The molecule has 0 aliphatic carbocycles. The molecule has 0 aromatic carbocycles. The second-order valence-electron chi connectivity index (χ2n) is 2.85. The number of nitrogens with two attached hydrogens (primary N) is 1. The molecular formula is C7H14N4. The van der Waals surface area contributed by atoms with Crippen LogP contribution in [-0.4, -0.2) is 9.55 Å². The fourth-order valence-electron chi connectivity index (χ4n) is 1.02. The Balaban J connectivity index is 3.02. The van der Waals surface area contributed by atoms with Gasteiger partial charge in [-0.2, -0.15) is 0 Å². The van der Waals surface area contributed by atoms with Crippen molar-refractivity contribution in [3.05, 3.63) is 11.9 Å². The van der Waals surface area contributed by atoms with Gasteiger partial charge >= 0.3 is 0 Å². The van der Waals surface area contributed by atoms with Crippen molar-refractivity contribution >= 4 is 5.95 Å². The van der Waals surface area contributed by atoms with Gasteiger partial charge in [-0.3, -0.25) is 5.43 Å². The molecular weight excluding hydrogens is 140 g/mol. The number of nitrogens with zero attached hydrogens (tertiary/aromatic N) is 2. The lowest BCUT2D eigenvalue weighted by Gasteiger charge is -2.09. The molecule has 62 valence electrons. The quantitative estimate of drug-likeness (QED) is 0.494.